The summed E-state index contributed by atoms with van der Waals surface area (Å²) in [6.45, 7) is 5.81. The average molecular weight is 520 g/mol. The first-order valence-corrected chi connectivity index (χ1v) is 13.0. The second-order valence-electron chi connectivity index (χ2n) is 10.7. The molecule has 1 fully saturated rings. The van der Waals surface area contributed by atoms with Crippen molar-refractivity contribution in [3.8, 4) is 0 Å². The van der Waals surface area contributed by atoms with E-state index >= 15 is 8.78 Å². The molecule has 4 N–H and O–H groups in total. The molecule has 8 heteroatoms. The van der Waals surface area contributed by atoms with Crippen molar-refractivity contribution in [3.63, 3.8) is 0 Å². The van der Waals surface area contributed by atoms with Gasteiger partial charge in [-0.1, -0.05) is 42.5 Å². The van der Waals surface area contributed by atoms with E-state index in [0.29, 0.717) is 41.0 Å². The maximum atomic E-state index is 16.5. The zero-order chi connectivity index (χ0) is 27.2. The van der Waals surface area contributed by atoms with E-state index < -0.39 is 11.5 Å². The number of halogens is 2. The Bertz CT molecular complexity index is 1490. The van der Waals surface area contributed by atoms with Gasteiger partial charge in [0, 0.05) is 48.7 Å². The minimum absolute atomic E-state index is 0.0214. The number of fused-ring (bicyclic) bond motifs is 3. The van der Waals surface area contributed by atoms with Crippen LogP contribution in [0.3, 0.4) is 0 Å². The van der Waals surface area contributed by atoms with Gasteiger partial charge in [-0.3, -0.25) is 4.98 Å². The highest BCUT2D eigenvalue weighted by atomic mass is 19.1. The quantitative estimate of drug-likeness (QED) is 0.241. The lowest BCUT2D eigenvalue weighted by Gasteiger charge is -2.33. The highest BCUT2D eigenvalue weighted by Crippen LogP contribution is 2.43. The molecule has 0 aliphatic carbocycles. The van der Waals surface area contributed by atoms with Crippen LogP contribution in [0.5, 0.6) is 0 Å². The molecule has 1 unspecified atom stereocenters. The molecule has 2 aromatic carbocycles. The minimum atomic E-state index is -1.85. The van der Waals surface area contributed by atoms with Crippen LogP contribution in [0.25, 0.3) is 27.6 Å². The summed E-state index contributed by atoms with van der Waals surface area (Å²) in [6.07, 6.45) is 3.35. The minimum Gasteiger partial charge on any atom is -0.401 e. The third-order valence-corrected chi connectivity index (χ3v) is 7.51. The number of allylic oxidation sites excluding steroid dienone is 1. The summed E-state index contributed by atoms with van der Waals surface area (Å²) in [7, 11) is 1.72. The van der Waals surface area contributed by atoms with Crippen molar-refractivity contribution < 1.29 is 13.5 Å². The number of ether oxygens (including phenoxy) is 1. The number of benzene rings is 2. The fourth-order valence-electron chi connectivity index (χ4n) is 5.86. The molecule has 5 rings (SSSR count). The molecule has 6 nitrogen and oxygen atoms in total. The van der Waals surface area contributed by atoms with Crippen LogP contribution in [0.1, 0.15) is 56.3 Å². The first kappa shape index (κ1) is 26.1. The van der Waals surface area contributed by atoms with Gasteiger partial charge in [0.2, 0.25) is 0 Å². The number of hydrogen-bond donors (Lipinski definition) is 2. The maximum Gasteiger partial charge on any atom is 0.153 e. The summed E-state index contributed by atoms with van der Waals surface area (Å²) in [5.74, 6) is 5.75. The molecule has 1 aliphatic heterocycles. The largest absolute Gasteiger partial charge is 0.401 e. The van der Waals surface area contributed by atoms with Crippen LogP contribution in [-0.2, 0) is 10.4 Å². The zero-order valence-electron chi connectivity index (χ0n) is 22.3. The summed E-state index contributed by atoms with van der Waals surface area (Å²) in [6, 6.07) is 15.2. The number of nitrogens with two attached hydrogens (primary N) is 2. The summed E-state index contributed by atoms with van der Waals surface area (Å²) in [4.78, 5) is 4.79. The van der Waals surface area contributed by atoms with Crippen LogP contribution < -0.4 is 11.6 Å². The Morgan fingerprint density at radius 1 is 1.16 bits per heavy atom. The number of pyridine rings is 1. The third-order valence-electron chi connectivity index (χ3n) is 7.51. The number of aromatic nitrogens is 2. The number of rotatable bonds is 6. The molecular formula is C30H35F2N5O. The smallest absolute Gasteiger partial charge is 0.153 e. The molecule has 1 aliphatic rings. The lowest BCUT2D eigenvalue weighted by atomic mass is 9.86. The summed E-state index contributed by atoms with van der Waals surface area (Å²) >= 11 is 0. The molecule has 0 spiro atoms. The highest BCUT2D eigenvalue weighted by molar-refractivity contribution is 6.07. The average Bonchev–Trinajstić information content (AvgIpc) is 3.19. The Hall–Kier alpha value is -3.49. The van der Waals surface area contributed by atoms with Gasteiger partial charge < -0.3 is 20.0 Å². The zero-order valence-corrected chi connectivity index (χ0v) is 22.3. The first-order valence-electron chi connectivity index (χ1n) is 13.0. The Morgan fingerprint density at radius 3 is 2.45 bits per heavy atom. The summed E-state index contributed by atoms with van der Waals surface area (Å²) in [5, 5.41) is 2.10. The fourth-order valence-corrected chi connectivity index (χ4v) is 5.86. The van der Waals surface area contributed by atoms with Gasteiger partial charge in [-0.2, -0.15) is 0 Å². The Kier molecular flexibility index (Phi) is 6.88. The highest BCUT2D eigenvalue weighted by Gasteiger charge is 2.33. The van der Waals surface area contributed by atoms with Gasteiger partial charge in [-0.15, -0.1) is 0 Å². The van der Waals surface area contributed by atoms with Crippen molar-refractivity contribution >= 4 is 27.6 Å². The molecular weight excluding hydrogens is 484 g/mol. The van der Waals surface area contributed by atoms with E-state index in [-0.39, 0.29) is 17.5 Å². The maximum absolute atomic E-state index is 16.5. The van der Waals surface area contributed by atoms with E-state index in [9.17, 15) is 0 Å². The van der Waals surface area contributed by atoms with E-state index in [0.717, 1.165) is 29.5 Å². The molecule has 0 radical (unpaired) electrons. The standard InChI is InChI=1S/C30H35F2N5O/c1-18(33)27(36(4)34)21-16-24-26(35-17-21)22-10-11-23(30(2,3)32)25(31)29(22)37(24)28(19-8-6-5-7-9-19)20-12-14-38-15-13-20/h5-11,16-17,20,28H,12-15,33-34H2,1-4H3/b27-18-. The normalized spacial score (nSPS) is 16.6. The number of hydrogen-bond acceptors (Lipinski definition) is 5. The molecule has 0 bridgehead atoms. The molecule has 38 heavy (non-hydrogen) atoms. The second kappa shape index (κ2) is 10.0. The molecule has 2 aromatic heterocycles. The predicted octanol–water partition coefficient (Wildman–Crippen LogP) is 6.00. The molecule has 0 saturated carbocycles. The Morgan fingerprint density at radius 2 is 1.84 bits per heavy atom. The van der Waals surface area contributed by atoms with Crippen LogP contribution in [0.15, 0.2) is 60.4 Å². The lowest BCUT2D eigenvalue weighted by molar-refractivity contribution is 0.0552. The topological polar surface area (TPSA) is 82.3 Å². The van der Waals surface area contributed by atoms with Gasteiger partial charge in [0.05, 0.1) is 28.3 Å². The Balaban J connectivity index is 1.92. The molecule has 4 aromatic rings. The van der Waals surface area contributed by atoms with Gasteiger partial charge in [0.15, 0.2) is 5.82 Å². The fraction of sp³-hybridized carbons (Fsp3) is 0.367. The second-order valence-corrected chi connectivity index (χ2v) is 10.7. The van der Waals surface area contributed by atoms with E-state index in [1.807, 2.05) is 28.8 Å². The van der Waals surface area contributed by atoms with Crippen molar-refractivity contribution in [3.05, 3.63) is 82.9 Å². The summed E-state index contributed by atoms with van der Waals surface area (Å²) < 4.78 is 39.4. The van der Waals surface area contributed by atoms with Crippen LogP contribution in [0, 0.1) is 11.7 Å². The molecule has 3 heterocycles. The van der Waals surface area contributed by atoms with Crippen molar-refractivity contribution in [1.29, 1.82) is 0 Å². The van der Waals surface area contributed by atoms with Crippen molar-refractivity contribution in [2.45, 2.75) is 45.3 Å². The van der Waals surface area contributed by atoms with Crippen molar-refractivity contribution in [2.75, 3.05) is 20.3 Å². The van der Waals surface area contributed by atoms with Crippen LogP contribution in [0.2, 0.25) is 0 Å². The van der Waals surface area contributed by atoms with Crippen LogP contribution in [-0.4, -0.2) is 34.8 Å². The van der Waals surface area contributed by atoms with Gasteiger partial charge >= 0.3 is 0 Å². The number of nitrogens with zero attached hydrogens (tertiary/aromatic N) is 3. The van der Waals surface area contributed by atoms with E-state index in [2.05, 4.69) is 12.1 Å². The van der Waals surface area contributed by atoms with Crippen molar-refractivity contribution in [2.24, 2.45) is 17.5 Å². The lowest BCUT2D eigenvalue weighted by Crippen LogP contribution is -2.28. The van der Waals surface area contributed by atoms with Crippen LogP contribution >= 0.6 is 0 Å². The molecule has 1 atom stereocenters. The first-order chi connectivity index (χ1) is 18.1. The molecule has 0 amide bonds. The van der Waals surface area contributed by atoms with E-state index in [1.54, 1.807) is 26.2 Å². The SMILES string of the molecule is C/C(N)=C(\c1cnc2c3ccc(C(C)(C)F)c(F)c3n(C(c3ccccc3)C3CCOCC3)c2c1)N(C)N. The van der Waals surface area contributed by atoms with E-state index in [1.165, 1.54) is 24.9 Å². The van der Waals surface area contributed by atoms with Crippen LogP contribution in [0.4, 0.5) is 8.78 Å². The van der Waals surface area contributed by atoms with Gasteiger partial charge in [0.1, 0.15) is 5.67 Å². The number of alkyl halides is 1. The molecule has 200 valence electrons. The Labute approximate surface area is 221 Å². The van der Waals surface area contributed by atoms with Gasteiger partial charge in [-0.25, -0.2) is 14.6 Å². The van der Waals surface area contributed by atoms with E-state index in [4.69, 9.17) is 21.3 Å². The molecule has 1 saturated heterocycles. The summed E-state index contributed by atoms with van der Waals surface area (Å²) in [5.41, 5.74) is 9.04. The third kappa shape index (κ3) is 4.52. The predicted molar refractivity (Wildman–Crippen MR) is 148 cm³/mol. The monoisotopic (exact) mass is 519 g/mol. The number of hydrazine groups is 1. The van der Waals surface area contributed by atoms with Gasteiger partial charge in [0.25, 0.3) is 0 Å². The van der Waals surface area contributed by atoms with Crippen molar-refractivity contribution in [1.82, 2.24) is 14.6 Å². The van der Waals surface area contributed by atoms with Gasteiger partial charge in [-0.05, 0) is 51.2 Å².